The molecular formula is C29H24N2O7. The number of carbonyl (C=O) groups is 3. The van der Waals surface area contributed by atoms with Gasteiger partial charge in [-0.2, -0.15) is 0 Å². The number of esters is 1. The Morgan fingerprint density at radius 3 is 2.47 bits per heavy atom. The van der Waals surface area contributed by atoms with E-state index in [9.17, 15) is 19.5 Å². The van der Waals surface area contributed by atoms with E-state index in [4.69, 9.17) is 13.9 Å². The van der Waals surface area contributed by atoms with Crippen LogP contribution in [0.25, 0.3) is 11.0 Å². The number of rotatable bonds is 7. The van der Waals surface area contributed by atoms with E-state index >= 15 is 0 Å². The standard InChI is InChI=1S/C29H24N2O7/c1-16(2)37-29(35)17-10-12-19(13-11-17)31-24(20-8-4-5-14-30-20)23(26(33)28(31)34)25(32)22-15-18-7-6-9-21(36-3)27(18)38-22/h4-16,24,33H,1-3H3. The molecule has 0 aliphatic carbocycles. The Balaban J connectivity index is 1.57. The number of para-hydroxylation sites is 1. The van der Waals surface area contributed by atoms with E-state index in [0.717, 1.165) is 0 Å². The van der Waals surface area contributed by atoms with E-state index in [1.54, 1.807) is 62.4 Å². The van der Waals surface area contributed by atoms with E-state index in [2.05, 4.69) is 4.98 Å². The Kier molecular flexibility index (Phi) is 6.42. The number of carbonyl (C=O) groups excluding carboxylic acids is 3. The first-order valence-corrected chi connectivity index (χ1v) is 11.9. The fourth-order valence-electron chi connectivity index (χ4n) is 4.40. The van der Waals surface area contributed by atoms with Gasteiger partial charge in [-0.3, -0.25) is 19.5 Å². The number of furan rings is 1. The lowest BCUT2D eigenvalue weighted by Crippen LogP contribution is -2.31. The molecule has 0 saturated heterocycles. The first kappa shape index (κ1) is 24.8. The van der Waals surface area contributed by atoms with Crippen molar-refractivity contribution in [3.05, 3.63) is 101 Å². The van der Waals surface area contributed by atoms with Crippen LogP contribution in [0.5, 0.6) is 5.75 Å². The van der Waals surface area contributed by atoms with E-state index in [-0.39, 0.29) is 17.4 Å². The molecule has 9 heteroatoms. The molecule has 1 aliphatic rings. The zero-order chi connectivity index (χ0) is 27.0. The Morgan fingerprint density at radius 1 is 1.05 bits per heavy atom. The number of anilines is 1. The van der Waals surface area contributed by atoms with Crippen molar-refractivity contribution in [1.82, 2.24) is 4.98 Å². The molecule has 2 aromatic heterocycles. The smallest absolute Gasteiger partial charge is 0.338 e. The van der Waals surface area contributed by atoms with E-state index < -0.39 is 29.5 Å². The van der Waals surface area contributed by atoms with Gasteiger partial charge in [0.2, 0.25) is 5.78 Å². The molecule has 38 heavy (non-hydrogen) atoms. The van der Waals surface area contributed by atoms with Gasteiger partial charge in [-0.15, -0.1) is 0 Å². The highest BCUT2D eigenvalue weighted by molar-refractivity contribution is 6.20. The number of methoxy groups -OCH3 is 1. The number of aliphatic hydroxyl groups is 1. The van der Waals surface area contributed by atoms with Gasteiger partial charge in [-0.05, 0) is 62.4 Å². The Morgan fingerprint density at radius 2 is 1.82 bits per heavy atom. The summed E-state index contributed by atoms with van der Waals surface area (Å²) in [4.78, 5) is 45.0. The highest BCUT2D eigenvalue weighted by Crippen LogP contribution is 2.42. The zero-order valence-electron chi connectivity index (χ0n) is 20.9. The van der Waals surface area contributed by atoms with Crippen molar-refractivity contribution >= 4 is 34.3 Å². The maximum atomic E-state index is 13.8. The van der Waals surface area contributed by atoms with Crippen LogP contribution in [0, 0.1) is 0 Å². The first-order valence-electron chi connectivity index (χ1n) is 11.9. The predicted octanol–water partition coefficient (Wildman–Crippen LogP) is 5.18. The number of aliphatic hydroxyl groups excluding tert-OH is 1. The van der Waals surface area contributed by atoms with Crippen LogP contribution in [0.1, 0.15) is 46.5 Å². The molecule has 2 aromatic carbocycles. The molecule has 0 spiro atoms. The second-order valence-corrected chi connectivity index (χ2v) is 8.91. The van der Waals surface area contributed by atoms with E-state index in [1.165, 1.54) is 36.4 Å². The third-order valence-corrected chi connectivity index (χ3v) is 6.10. The molecule has 5 rings (SSSR count). The van der Waals surface area contributed by atoms with Crippen LogP contribution < -0.4 is 9.64 Å². The highest BCUT2D eigenvalue weighted by Gasteiger charge is 2.46. The normalized spacial score (nSPS) is 15.4. The zero-order valence-corrected chi connectivity index (χ0v) is 20.9. The van der Waals surface area contributed by atoms with Gasteiger partial charge in [0, 0.05) is 17.3 Å². The van der Waals surface area contributed by atoms with Gasteiger partial charge in [-0.25, -0.2) is 4.79 Å². The molecule has 1 aliphatic heterocycles. The molecule has 0 bridgehead atoms. The average molecular weight is 513 g/mol. The number of nitrogens with zero attached hydrogens (tertiary/aromatic N) is 2. The first-order chi connectivity index (χ1) is 18.3. The summed E-state index contributed by atoms with van der Waals surface area (Å²) in [6, 6.07) is 17.0. The second-order valence-electron chi connectivity index (χ2n) is 8.91. The molecule has 1 N–H and O–H groups in total. The largest absolute Gasteiger partial charge is 0.503 e. The van der Waals surface area contributed by atoms with Crippen LogP contribution in [-0.4, -0.2) is 41.0 Å². The molecule has 1 atom stereocenters. The number of hydrogen-bond donors (Lipinski definition) is 1. The molecule has 192 valence electrons. The van der Waals surface area contributed by atoms with Gasteiger partial charge in [-0.1, -0.05) is 18.2 Å². The third-order valence-electron chi connectivity index (χ3n) is 6.10. The maximum Gasteiger partial charge on any atom is 0.338 e. The van der Waals surface area contributed by atoms with Gasteiger partial charge >= 0.3 is 5.97 Å². The molecular weight excluding hydrogens is 488 g/mol. The van der Waals surface area contributed by atoms with Crippen LogP contribution in [0.3, 0.4) is 0 Å². The number of pyridine rings is 1. The molecule has 4 aromatic rings. The van der Waals surface area contributed by atoms with Crippen molar-refractivity contribution in [2.24, 2.45) is 0 Å². The molecule has 0 radical (unpaired) electrons. The molecule has 3 heterocycles. The summed E-state index contributed by atoms with van der Waals surface area (Å²) in [6.45, 7) is 3.50. The number of fused-ring (bicyclic) bond motifs is 1. The van der Waals surface area contributed by atoms with Crippen molar-refractivity contribution in [2.75, 3.05) is 12.0 Å². The Hall–Kier alpha value is -4.92. The number of ether oxygens (including phenoxy) is 2. The number of ketones is 1. The minimum atomic E-state index is -1.04. The monoisotopic (exact) mass is 512 g/mol. The summed E-state index contributed by atoms with van der Waals surface area (Å²) in [7, 11) is 1.49. The molecule has 1 unspecified atom stereocenters. The van der Waals surface area contributed by atoms with Crippen LogP contribution in [0.4, 0.5) is 5.69 Å². The topological polar surface area (TPSA) is 119 Å². The summed E-state index contributed by atoms with van der Waals surface area (Å²) >= 11 is 0. The number of aromatic nitrogens is 1. The lowest BCUT2D eigenvalue weighted by molar-refractivity contribution is -0.117. The second kappa shape index (κ2) is 9.85. The quantitative estimate of drug-likeness (QED) is 0.266. The lowest BCUT2D eigenvalue weighted by atomic mass is 9.98. The van der Waals surface area contributed by atoms with Gasteiger partial charge in [0.25, 0.3) is 5.91 Å². The van der Waals surface area contributed by atoms with Gasteiger partial charge in [0.1, 0.15) is 6.04 Å². The number of Topliss-reactive ketones (excluding diaryl/α,β-unsaturated/α-hetero) is 1. The summed E-state index contributed by atoms with van der Waals surface area (Å²) in [6.07, 6.45) is 1.25. The van der Waals surface area contributed by atoms with Crippen LogP contribution in [-0.2, 0) is 9.53 Å². The third kappa shape index (κ3) is 4.28. The van der Waals surface area contributed by atoms with E-state index in [1.807, 2.05) is 0 Å². The summed E-state index contributed by atoms with van der Waals surface area (Å²) in [5.41, 5.74) is 1.22. The number of benzene rings is 2. The van der Waals surface area contributed by atoms with Crippen LogP contribution in [0.2, 0.25) is 0 Å². The van der Waals surface area contributed by atoms with Crippen molar-refractivity contribution in [3.8, 4) is 5.75 Å². The summed E-state index contributed by atoms with van der Waals surface area (Å²) < 4.78 is 16.4. The van der Waals surface area contributed by atoms with Crippen LogP contribution in [0.15, 0.2) is 88.7 Å². The Labute approximate surface area is 217 Å². The summed E-state index contributed by atoms with van der Waals surface area (Å²) in [5, 5.41) is 11.6. The highest BCUT2D eigenvalue weighted by atomic mass is 16.5. The minimum Gasteiger partial charge on any atom is -0.503 e. The van der Waals surface area contributed by atoms with Crippen molar-refractivity contribution in [2.45, 2.75) is 26.0 Å². The lowest BCUT2D eigenvalue weighted by Gasteiger charge is -2.26. The molecule has 9 nitrogen and oxygen atoms in total. The molecule has 0 fully saturated rings. The number of hydrogen-bond acceptors (Lipinski definition) is 8. The molecule has 1 amide bonds. The fourth-order valence-corrected chi connectivity index (χ4v) is 4.40. The summed E-state index contributed by atoms with van der Waals surface area (Å²) in [5.74, 6) is -2.27. The van der Waals surface area contributed by atoms with Crippen molar-refractivity contribution < 1.29 is 33.4 Å². The van der Waals surface area contributed by atoms with Gasteiger partial charge in [0.05, 0.1) is 30.0 Å². The van der Waals surface area contributed by atoms with Crippen LogP contribution >= 0.6 is 0 Å². The van der Waals surface area contributed by atoms with Crippen molar-refractivity contribution in [1.29, 1.82) is 0 Å². The van der Waals surface area contributed by atoms with Crippen molar-refractivity contribution in [3.63, 3.8) is 0 Å². The van der Waals surface area contributed by atoms with Gasteiger partial charge in [0.15, 0.2) is 22.9 Å². The Bertz CT molecular complexity index is 1570. The van der Waals surface area contributed by atoms with Gasteiger partial charge < -0.3 is 19.0 Å². The minimum absolute atomic E-state index is 0.0617. The maximum absolute atomic E-state index is 13.8. The predicted molar refractivity (Wildman–Crippen MR) is 138 cm³/mol. The fraction of sp³-hybridized carbons (Fsp3) is 0.172. The van der Waals surface area contributed by atoms with E-state index in [0.29, 0.717) is 33.7 Å². The molecule has 0 saturated carbocycles. The SMILES string of the molecule is COc1cccc2cc(C(=O)C3=C(O)C(=O)N(c4ccc(C(=O)OC(C)C)cc4)C3c3ccccn3)oc12. The average Bonchev–Trinajstić information content (AvgIpc) is 3.47. The number of amides is 1.